The predicted octanol–water partition coefficient (Wildman–Crippen LogP) is 3.47. The summed E-state index contributed by atoms with van der Waals surface area (Å²) >= 11 is 6.10. The van der Waals surface area contributed by atoms with Gasteiger partial charge in [-0.3, -0.25) is 0 Å². The summed E-state index contributed by atoms with van der Waals surface area (Å²) in [5.74, 6) is 0. The highest BCUT2D eigenvalue weighted by Gasteiger charge is 2.09. The Hall–Kier alpha value is -1.35. The molecule has 0 saturated heterocycles. The molecule has 0 aromatic heterocycles. The number of benzene rings is 2. The number of rotatable bonds is 5. The lowest BCUT2D eigenvalue weighted by Crippen LogP contribution is -2.23. The summed E-state index contributed by atoms with van der Waals surface area (Å²) in [6, 6.07) is 15.9. The van der Waals surface area contributed by atoms with Crippen LogP contribution in [0.5, 0.6) is 0 Å². The van der Waals surface area contributed by atoms with Gasteiger partial charge in [-0.15, -0.1) is 0 Å². The van der Waals surface area contributed by atoms with Gasteiger partial charge in [0.25, 0.3) is 0 Å². The van der Waals surface area contributed by atoms with Crippen molar-refractivity contribution in [2.45, 2.75) is 19.5 Å². The number of hydrogen-bond acceptors (Lipinski definition) is 2. The van der Waals surface area contributed by atoms with Crippen molar-refractivity contribution in [1.29, 1.82) is 0 Å². The lowest BCUT2D eigenvalue weighted by Gasteiger charge is -2.17. The summed E-state index contributed by atoms with van der Waals surface area (Å²) in [5.41, 5.74) is 3.28. The van der Waals surface area contributed by atoms with Gasteiger partial charge in [-0.2, -0.15) is 0 Å². The molecular formula is C16H18ClNO. The van der Waals surface area contributed by atoms with E-state index in [1.807, 2.05) is 55.5 Å². The van der Waals surface area contributed by atoms with E-state index in [9.17, 15) is 5.11 Å². The van der Waals surface area contributed by atoms with Crippen LogP contribution in [-0.2, 0) is 6.54 Å². The number of nitrogens with one attached hydrogen (secondary N) is 1. The molecule has 0 heterocycles. The molecule has 0 unspecified atom stereocenters. The Morgan fingerprint density at radius 2 is 1.89 bits per heavy atom. The average molecular weight is 276 g/mol. The third-order valence-electron chi connectivity index (χ3n) is 3.17. The predicted molar refractivity (Wildman–Crippen MR) is 79.3 cm³/mol. The number of aliphatic hydroxyl groups excluding tert-OH is 1. The van der Waals surface area contributed by atoms with E-state index in [2.05, 4.69) is 5.32 Å². The van der Waals surface area contributed by atoms with Gasteiger partial charge in [-0.25, -0.2) is 0 Å². The van der Waals surface area contributed by atoms with Crippen LogP contribution in [0.25, 0.3) is 0 Å². The zero-order valence-electron chi connectivity index (χ0n) is 10.9. The summed E-state index contributed by atoms with van der Waals surface area (Å²) < 4.78 is 0. The number of aliphatic hydroxyl groups is 1. The molecule has 0 aliphatic rings. The Balaban J connectivity index is 2.02. The first kappa shape index (κ1) is 14.1. The Labute approximate surface area is 119 Å². The molecule has 3 heteroatoms. The Morgan fingerprint density at radius 1 is 1.16 bits per heavy atom. The molecule has 2 rings (SSSR count). The third kappa shape index (κ3) is 3.80. The van der Waals surface area contributed by atoms with E-state index in [1.54, 1.807) is 0 Å². The molecule has 100 valence electrons. The van der Waals surface area contributed by atoms with Crippen molar-refractivity contribution < 1.29 is 5.11 Å². The molecule has 0 saturated carbocycles. The van der Waals surface area contributed by atoms with Gasteiger partial charge in [0, 0.05) is 11.6 Å². The Kier molecular flexibility index (Phi) is 4.97. The van der Waals surface area contributed by atoms with E-state index in [1.165, 1.54) is 0 Å². The quantitative estimate of drug-likeness (QED) is 0.876. The normalized spacial score (nSPS) is 12.4. The molecule has 0 aliphatic carbocycles. The van der Waals surface area contributed by atoms with Gasteiger partial charge >= 0.3 is 0 Å². The van der Waals surface area contributed by atoms with E-state index in [0.717, 1.165) is 21.7 Å². The lowest BCUT2D eigenvalue weighted by atomic mass is 10.1. The second kappa shape index (κ2) is 6.71. The zero-order chi connectivity index (χ0) is 13.7. The Morgan fingerprint density at radius 3 is 2.53 bits per heavy atom. The summed E-state index contributed by atoms with van der Waals surface area (Å²) in [7, 11) is 0. The molecule has 0 fully saturated rings. The van der Waals surface area contributed by atoms with Gasteiger partial charge in [-0.05, 0) is 29.7 Å². The van der Waals surface area contributed by atoms with E-state index in [4.69, 9.17) is 11.6 Å². The van der Waals surface area contributed by atoms with Crippen LogP contribution in [0, 0.1) is 6.92 Å². The molecule has 0 aliphatic heterocycles. The first-order valence-electron chi connectivity index (χ1n) is 6.35. The standard InChI is InChI=1S/C16H18ClNO/c1-12-7-8-13(9-15(12)17)10-18-16(11-19)14-5-3-2-4-6-14/h2-9,16,18-19H,10-11H2,1H3/t16-/m1/s1. The summed E-state index contributed by atoms with van der Waals surface area (Å²) in [6.45, 7) is 2.74. The van der Waals surface area contributed by atoms with Crippen LogP contribution in [0.15, 0.2) is 48.5 Å². The van der Waals surface area contributed by atoms with Gasteiger partial charge in [0.2, 0.25) is 0 Å². The molecule has 0 amide bonds. The van der Waals surface area contributed by atoms with E-state index < -0.39 is 0 Å². The van der Waals surface area contributed by atoms with Crippen LogP contribution < -0.4 is 5.32 Å². The van der Waals surface area contributed by atoms with E-state index >= 15 is 0 Å². The molecular weight excluding hydrogens is 258 g/mol. The van der Waals surface area contributed by atoms with Gasteiger partial charge < -0.3 is 10.4 Å². The lowest BCUT2D eigenvalue weighted by molar-refractivity contribution is 0.243. The minimum atomic E-state index is -0.0544. The molecule has 2 N–H and O–H groups in total. The van der Waals surface area contributed by atoms with Crippen LogP contribution >= 0.6 is 11.6 Å². The van der Waals surface area contributed by atoms with Crippen LogP contribution in [0.4, 0.5) is 0 Å². The number of hydrogen-bond donors (Lipinski definition) is 2. The highest BCUT2D eigenvalue weighted by atomic mass is 35.5. The van der Waals surface area contributed by atoms with Crippen LogP contribution in [0.2, 0.25) is 5.02 Å². The van der Waals surface area contributed by atoms with Crippen LogP contribution in [0.1, 0.15) is 22.7 Å². The van der Waals surface area contributed by atoms with Gasteiger partial charge in [0.05, 0.1) is 12.6 Å². The highest BCUT2D eigenvalue weighted by Crippen LogP contribution is 2.18. The zero-order valence-corrected chi connectivity index (χ0v) is 11.7. The SMILES string of the molecule is Cc1ccc(CN[C@H](CO)c2ccccc2)cc1Cl. The molecule has 2 nitrogen and oxygen atoms in total. The second-order valence-electron chi connectivity index (χ2n) is 4.61. The molecule has 1 atom stereocenters. The van der Waals surface area contributed by atoms with E-state index in [-0.39, 0.29) is 12.6 Å². The average Bonchev–Trinajstić information content (AvgIpc) is 2.44. The fraction of sp³-hybridized carbons (Fsp3) is 0.250. The van der Waals surface area contributed by atoms with Crippen LogP contribution in [-0.4, -0.2) is 11.7 Å². The first-order chi connectivity index (χ1) is 9.20. The maximum Gasteiger partial charge on any atom is 0.0626 e. The third-order valence-corrected chi connectivity index (χ3v) is 3.58. The number of halogens is 1. The van der Waals surface area contributed by atoms with E-state index in [0.29, 0.717) is 6.54 Å². The van der Waals surface area contributed by atoms with Crippen molar-refractivity contribution in [3.8, 4) is 0 Å². The van der Waals surface area contributed by atoms with Gasteiger partial charge in [0.15, 0.2) is 0 Å². The summed E-state index contributed by atoms with van der Waals surface area (Å²) in [5, 5.41) is 13.6. The van der Waals surface area contributed by atoms with Crippen molar-refractivity contribution in [1.82, 2.24) is 5.32 Å². The minimum absolute atomic E-state index is 0.0544. The molecule has 0 spiro atoms. The Bertz CT molecular complexity index is 528. The fourth-order valence-corrected chi connectivity index (χ4v) is 2.16. The highest BCUT2D eigenvalue weighted by molar-refractivity contribution is 6.31. The fourth-order valence-electron chi connectivity index (χ4n) is 1.96. The smallest absolute Gasteiger partial charge is 0.0626 e. The van der Waals surface area contributed by atoms with Gasteiger partial charge in [-0.1, -0.05) is 54.1 Å². The van der Waals surface area contributed by atoms with Crippen molar-refractivity contribution in [3.05, 3.63) is 70.2 Å². The van der Waals surface area contributed by atoms with Crippen molar-refractivity contribution in [2.24, 2.45) is 0 Å². The number of aryl methyl sites for hydroxylation is 1. The molecule has 2 aromatic rings. The summed E-state index contributed by atoms with van der Waals surface area (Å²) in [4.78, 5) is 0. The summed E-state index contributed by atoms with van der Waals surface area (Å²) in [6.07, 6.45) is 0. The van der Waals surface area contributed by atoms with Crippen molar-refractivity contribution >= 4 is 11.6 Å². The van der Waals surface area contributed by atoms with Crippen molar-refractivity contribution in [3.63, 3.8) is 0 Å². The molecule has 19 heavy (non-hydrogen) atoms. The second-order valence-corrected chi connectivity index (χ2v) is 5.02. The largest absolute Gasteiger partial charge is 0.394 e. The van der Waals surface area contributed by atoms with Gasteiger partial charge in [0.1, 0.15) is 0 Å². The minimum Gasteiger partial charge on any atom is -0.394 e. The maximum atomic E-state index is 9.47. The van der Waals surface area contributed by atoms with Crippen LogP contribution in [0.3, 0.4) is 0 Å². The molecule has 2 aromatic carbocycles. The maximum absolute atomic E-state index is 9.47. The van der Waals surface area contributed by atoms with Crippen molar-refractivity contribution in [2.75, 3.05) is 6.61 Å². The molecule has 0 bridgehead atoms. The topological polar surface area (TPSA) is 32.3 Å². The first-order valence-corrected chi connectivity index (χ1v) is 6.72. The molecule has 0 radical (unpaired) electrons. The monoisotopic (exact) mass is 275 g/mol.